The van der Waals surface area contributed by atoms with Gasteiger partial charge >= 0.3 is 11.9 Å². The fourth-order valence-electron chi connectivity index (χ4n) is 1.62. The number of carbonyl (C=O) groups is 2. The number of benzene rings is 1. The topological polar surface area (TPSA) is 52.6 Å². The Bertz CT molecular complexity index is 525. The summed E-state index contributed by atoms with van der Waals surface area (Å²) >= 11 is 0. The summed E-state index contributed by atoms with van der Waals surface area (Å²) in [6.07, 6.45) is 5.55. The van der Waals surface area contributed by atoms with Crippen molar-refractivity contribution in [1.29, 1.82) is 0 Å². The second-order valence-corrected chi connectivity index (χ2v) is 5.00. The summed E-state index contributed by atoms with van der Waals surface area (Å²) in [6.45, 7) is 4.36. The minimum Gasteiger partial charge on any atom is -0.463 e. The van der Waals surface area contributed by atoms with Gasteiger partial charge in [-0.3, -0.25) is 0 Å². The van der Waals surface area contributed by atoms with Gasteiger partial charge in [0.25, 0.3) is 0 Å². The van der Waals surface area contributed by atoms with Gasteiger partial charge in [0.15, 0.2) is 0 Å². The Morgan fingerprint density at radius 3 is 2.27 bits per heavy atom. The lowest BCUT2D eigenvalue weighted by Crippen LogP contribution is -2.06. The van der Waals surface area contributed by atoms with Crippen LogP contribution in [-0.4, -0.2) is 25.2 Å². The van der Waals surface area contributed by atoms with E-state index in [9.17, 15) is 9.59 Å². The van der Waals surface area contributed by atoms with Crippen LogP contribution in [0.5, 0.6) is 0 Å². The maximum absolute atomic E-state index is 11.4. The fraction of sp³-hybridized carbons (Fsp3) is 0.333. The molecule has 22 heavy (non-hydrogen) atoms. The van der Waals surface area contributed by atoms with Crippen LogP contribution in [0, 0.1) is 0 Å². The number of hydrogen-bond donors (Lipinski definition) is 0. The molecule has 0 spiro atoms. The molecule has 0 radical (unpaired) electrons. The number of allylic oxidation sites excluding steroid dienone is 1. The molecule has 0 heterocycles. The third-order valence-electron chi connectivity index (χ3n) is 2.77. The van der Waals surface area contributed by atoms with Crippen molar-refractivity contribution in [3.63, 3.8) is 0 Å². The van der Waals surface area contributed by atoms with Gasteiger partial charge in [-0.05, 0) is 38.3 Å². The molecule has 0 unspecified atom stereocenters. The highest BCUT2D eigenvalue weighted by Crippen LogP contribution is 2.02. The van der Waals surface area contributed by atoms with Gasteiger partial charge < -0.3 is 9.47 Å². The Hall–Kier alpha value is -2.36. The molecule has 0 bridgehead atoms. The summed E-state index contributed by atoms with van der Waals surface area (Å²) in [7, 11) is 0. The first-order valence-electron chi connectivity index (χ1n) is 7.27. The summed E-state index contributed by atoms with van der Waals surface area (Å²) in [5.41, 5.74) is 2.27. The first kappa shape index (κ1) is 17.7. The van der Waals surface area contributed by atoms with Crippen LogP contribution in [0.15, 0.2) is 54.1 Å². The van der Waals surface area contributed by atoms with E-state index in [1.54, 1.807) is 6.08 Å². The third-order valence-corrected chi connectivity index (χ3v) is 2.77. The van der Waals surface area contributed by atoms with Crippen molar-refractivity contribution in [3.8, 4) is 0 Å². The maximum atomic E-state index is 11.4. The lowest BCUT2D eigenvalue weighted by atomic mass is 10.1. The number of carbonyl (C=O) groups excluding carboxylic acids is 2. The van der Waals surface area contributed by atoms with Crippen molar-refractivity contribution < 1.29 is 19.1 Å². The van der Waals surface area contributed by atoms with Crippen molar-refractivity contribution in [2.45, 2.75) is 26.7 Å². The lowest BCUT2D eigenvalue weighted by molar-refractivity contribution is -0.140. The molecule has 0 aliphatic rings. The summed E-state index contributed by atoms with van der Waals surface area (Å²) in [5, 5.41) is 0. The predicted octanol–water partition coefficient (Wildman–Crippen LogP) is 3.23. The summed E-state index contributed by atoms with van der Waals surface area (Å²) < 4.78 is 9.89. The molecule has 0 atom stereocenters. The van der Waals surface area contributed by atoms with E-state index in [2.05, 4.69) is 0 Å². The Labute approximate surface area is 131 Å². The van der Waals surface area contributed by atoms with E-state index < -0.39 is 11.9 Å². The lowest BCUT2D eigenvalue weighted by Gasteiger charge is -2.02. The number of esters is 2. The summed E-state index contributed by atoms with van der Waals surface area (Å²) in [4.78, 5) is 22.7. The van der Waals surface area contributed by atoms with Crippen LogP contribution in [0.1, 0.15) is 25.8 Å². The highest BCUT2D eigenvalue weighted by molar-refractivity contribution is 5.91. The van der Waals surface area contributed by atoms with Gasteiger partial charge in [0.05, 0.1) is 6.61 Å². The molecule has 0 saturated heterocycles. The molecule has 1 rings (SSSR count). The summed E-state index contributed by atoms with van der Waals surface area (Å²) in [6, 6.07) is 9.98. The van der Waals surface area contributed by atoms with Gasteiger partial charge in [-0.15, -0.1) is 0 Å². The van der Waals surface area contributed by atoms with Gasteiger partial charge in [-0.1, -0.05) is 35.9 Å². The molecule has 0 aromatic heterocycles. The SMILES string of the molecule is CC(C)=CCOC(=O)/C=C/C(=O)OCCCc1ccccc1. The predicted molar refractivity (Wildman–Crippen MR) is 85.3 cm³/mol. The third kappa shape index (κ3) is 8.74. The number of rotatable bonds is 8. The maximum Gasteiger partial charge on any atom is 0.331 e. The zero-order chi connectivity index (χ0) is 16.2. The molecule has 0 saturated carbocycles. The minimum absolute atomic E-state index is 0.206. The van der Waals surface area contributed by atoms with Gasteiger partial charge in [-0.25, -0.2) is 9.59 Å². The van der Waals surface area contributed by atoms with E-state index in [1.807, 2.05) is 44.2 Å². The van der Waals surface area contributed by atoms with Gasteiger partial charge in [0.2, 0.25) is 0 Å². The van der Waals surface area contributed by atoms with Crippen molar-refractivity contribution in [2.24, 2.45) is 0 Å². The van der Waals surface area contributed by atoms with Crippen LogP contribution in [0.3, 0.4) is 0 Å². The quantitative estimate of drug-likeness (QED) is 0.320. The van der Waals surface area contributed by atoms with Crippen LogP contribution >= 0.6 is 0 Å². The zero-order valence-electron chi connectivity index (χ0n) is 13.1. The Morgan fingerprint density at radius 2 is 1.64 bits per heavy atom. The van der Waals surface area contributed by atoms with Crippen LogP contribution < -0.4 is 0 Å². The summed E-state index contributed by atoms with van der Waals surface area (Å²) in [5.74, 6) is -1.09. The molecule has 0 amide bonds. The molecule has 0 aliphatic heterocycles. The van der Waals surface area contributed by atoms with E-state index >= 15 is 0 Å². The van der Waals surface area contributed by atoms with E-state index in [1.165, 1.54) is 5.56 Å². The van der Waals surface area contributed by atoms with E-state index in [4.69, 9.17) is 9.47 Å². The van der Waals surface area contributed by atoms with E-state index in [0.29, 0.717) is 6.61 Å². The molecular formula is C18H22O4. The molecule has 4 heteroatoms. The number of ether oxygens (including phenoxy) is 2. The molecule has 0 N–H and O–H groups in total. The largest absolute Gasteiger partial charge is 0.463 e. The molecule has 0 aliphatic carbocycles. The highest BCUT2D eigenvalue weighted by atomic mass is 16.5. The Balaban J connectivity index is 2.16. The molecule has 118 valence electrons. The van der Waals surface area contributed by atoms with Crippen LogP contribution in [-0.2, 0) is 25.5 Å². The molecule has 4 nitrogen and oxygen atoms in total. The van der Waals surface area contributed by atoms with Crippen molar-refractivity contribution in [1.82, 2.24) is 0 Å². The molecule has 1 aromatic rings. The Morgan fingerprint density at radius 1 is 1.00 bits per heavy atom. The van der Waals surface area contributed by atoms with Crippen molar-refractivity contribution >= 4 is 11.9 Å². The zero-order valence-corrected chi connectivity index (χ0v) is 13.1. The van der Waals surface area contributed by atoms with E-state index in [-0.39, 0.29) is 6.61 Å². The standard InChI is InChI=1S/C18H22O4/c1-15(2)12-14-22-18(20)11-10-17(19)21-13-6-9-16-7-4-3-5-8-16/h3-5,7-8,10-12H,6,9,13-14H2,1-2H3/b11-10+. The number of aryl methyl sites for hydroxylation is 1. The van der Waals surface area contributed by atoms with Gasteiger partial charge in [0, 0.05) is 12.2 Å². The van der Waals surface area contributed by atoms with Crippen LogP contribution in [0.25, 0.3) is 0 Å². The van der Waals surface area contributed by atoms with E-state index in [0.717, 1.165) is 30.6 Å². The Kier molecular flexibility index (Phi) is 8.35. The van der Waals surface area contributed by atoms with Crippen LogP contribution in [0.4, 0.5) is 0 Å². The highest BCUT2D eigenvalue weighted by Gasteiger charge is 2.00. The average molecular weight is 302 g/mol. The van der Waals surface area contributed by atoms with Crippen LogP contribution in [0.2, 0.25) is 0 Å². The smallest absolute Gasteiger partial charge is 0.331 e. The van der Waals surface area contributed by atoms with Crippen molar-refractivity contribution in [2.75, 3.05) is 13.2 Å². The molecule has 0 fully saturated rings. The second-order valence-electron chi connectivity index (χ2n) is 5.00. The number of hydrogen-bond acceptors (Lipinski definition) is 4. The first-order valence-corrected chi connectivity index (χ1v) is 7.27. The normalized spacial score (nSPS) is 10.3. The van der Waals surface area contributed by atoms with Gasteiger partial charge in [-0.2, -0.15) is 0 Å². The minimum atomic E-state index is -0.557. The average Bonchev–Trinajstić information content (AvgIpc) is 2.50. The monoisotopic (exact) mass is 302 g/mol. The first-order chi connectivity index (χ1) is 10.6. The molecular weight excluding hydrogens is 280 g/mol. The second kappa shape index (κ2) is 10.4. The fourth-order valence-corrected chi connectivity index (χ4v) is 1.62. The van der Waals surface area contributed by atoms with Crippen molar-refractivity contribution in [3.05, 3.63) is 59.7 Å². The molecule has 1 aromatic carbocycles. The van der Waals surface area contributed by atoms with Gasteiger partial charge in [0.1, 0.15) is 6.61 Å².